The molecule has 5 nitrogen and oxygen atoms in total. The third-order valence-corrected chi connectivity index (χ3v) is 3.74. The number of rotatable bonds is 5. The molecule has 0 saturated heterocycles. The predicted octanol–water partition coefficient (Wildman–Crippen LogP) is 3.31. The molecule has 1 aromatic heterocycles. The van der Waals surface area contributed by atoms with E-state index in [0.717, 1.165) is 11.3 Å². The number of anilines is 2. The molecular weight excluding hydrogens is 319 g/mol. The SMILES string of the molecule is CN(c1ccccc1)c1cc(C(=O)NCc2ccc(F)cc2)ncn1. The molecular formula is C19H17FN4O. The Labute approximate surface area is 145 Å². The van der Waals surface area contributed by atoms with Crippen molar-refractivity contribution in [2.75, 3.05) is 11.9 Å². The summed E-state index contributed by atoms with van der Waals surface area (Å²) in [5.74, 6) is 0.00189. The van der Waals surface area contributed by atoms with Crippen molar-refractivity contribution < 1.29 is 9.18 Å². The second-order valence-corrected chi connectivity index (χ2v) is 5.47. The van der Waals surface area contributed by atoms with Gasteiger partial charge in [0.25, 0.3) is 5.91 Å². The predicted molar refractivity (Wildman–Crippen MR) is 94.1 cm³/mol. The minimum atomic E-state index is -0.311. The van der Waals surface area contributed by atoms with Crippen LogP contribution in [0.1, 0.15) is 16.1 Å². The summed E-state index contributed by atoms with van der Waals surface area (Å²) >= 11 is 0. The molecule has 0 radical (unpaired) electrons. The van der Waals surface area contributed by atoms with Crippen molar-refractivity contribution in [1.82, 2.24) is 15.3 Å². The maximum atomic E-state index is 12.9. The number of aromatic nitrogens is 2. The smallest absolute Gasteiger partial charge is 0.270 e. The highest BCUT2D eigenvalue weighted by Crippen LogP contribution is 2.20. The zero-order valence-corrected chi connectivity index (χ0v) is 13.7. The molecule has 0 aliphatic rings. The summed E-state index contributed by atoms with van der Waals surface area (Å²) < 4.78 is 12.9. The maximum absolute atomic E-state index is 12.9. The summed E-state index contributed by atoms with van der Waals surface area (Å²) in [7, 11) is 1.87. The van der Waals surface area contributed by atoms with Gasteiger partial charge in [0.15, 0.2) is 0 Å². The Morgan fingerprint density at radius 1 is 1.08 bits per heavy atom. The van der Waals surface area contributed by atoms with Crippen molar-refractivity contribution >= 4 is 17.4 Å². The number of nitrogens with zero attached hydrogens (tertiary/aromatic N) is 3. The molecule has 0 fully saturated rings. The van der Waals surface area contributed by atoms with Crippen molar-refractivity contribution in [3.05, 3.63) is 84.1 Å². The van der Waals surface area contributed by atoms with Crippen molar-refractivity contribution in [1.29, 1.82) is 0 Å². The number of benzene rings is 2. The number of nitrogens with one attached hydrogen (secondary N) is 1. The lowest BCUT2D eigenvalue weighted by atomic mass is 10.2. The van der Waals surface area contributed by atoms with E-state index in [1.807, 2.05) is 42.3 Å². The van der Waals surface area contributed by atoms with E-state index in [-0.39, 0.29) is 17.4 Å². The average Bonchev–Trinajstić information content (AvgIpc) is 2.67. The minimum absolute atomic E-state index is 0.273. The van der Waals surface area contributed by atoms with Crippen LogP contribution in [0.5, 0.6) is 0 Å². The van der Waals surface area contributed by atoms with Crippen LogP contribution in [0.25, 0.3) is 0 Å². The quantitative estimate of drug-likeness (QED) is 0.776. The summed E-state index contributed by atoms with van der Waals surface area (Å²) in [6, 6.07) is 17.3. The molecule has 0 saturated carbocycles. The zero-order chi connectivity index (χ0) is 17.6. The number of halogens is 1. The van der Waals surface area contributed by atoms with Crippen LogP contribution >= 0.6 is 0 Å². The molecule has 6 heteroatoms. The molecule has 0 unspecified atom stereocenters. The van der Waals surface area contributed by atoms with Crippen molar-refractivity contribution in [3.8, 4) is 0 Å². The molecule has 25 heavy (non-hydrogen) atoms. The Morgan fingerprint density at radius 2 is 1.80 bits per heavy atom. The summed E-state index contributed by atoms with van der Waals surface area (Å²) in [5, 5.41) is 2.77. The van der Waals surface area contributed by atoms with Gasteiger partial charge in [-0.2, -0.15) is 0 Å². The van der Waals surface area contributed by atoms with Gasteiger partial charge in [0.1, 0.15) is 23.7 Å². The van der Waals surface area contributed by atoms with Gasteiger partial charge in [-0.05, 0) is 29.8 Å². The van der Waals surface area contributed by atoms with E-state index >= 15 is 0 Å². The van der Waals surface area contributed by atoms with Crippen LogP contribution in [0.2, 0.25) is 0 Å². The van der Waals surface area contributed by atoms with Crippen LogP contribution in [-0.4, -0.2) is 22.9 Å². The lowest BCUT2D eigenvalue weighted by Crippen LogP contribution is -2.24. The molecule has 2 aromatic carbocycles. The summed E-state index contributed by atoms with van der Waals surface area (Å²) in [4.78, 5) is 22.4. The topological polar surface area (TPSA) is 58.1 Å². The highest BCUT2D eigenvalue weighted by molar-refractivity contribution is 5.93. The fourth-order valence-corrected chi connectivity index (χ4v) is 2.31. The van der Waals surface area contributed by atoms with Crippen molar-refractivity contribution in [2.45, 2.75) is 6.54 Å². The molecule has 3 aromatic rings. The molecule has 0 bridgehead atoms. The number of hydrogen-bond donors (Lipinski definition) is 1. The number of amides is 1. The fourth-order valence-electron chi connectivity index (χ4n) is 2.31. The molecule has 3 rings (SSSR count). The van der Waals surface area contributed by atoms with Gasteiger partial charge in [0, 0.05) is 25.3 Å². The summed E-state index contributed by atoms with van der Waals surface area (Å²) in [5.41, 5.74) is 2.04. The van der Waals surface area contributed by atoms with Crippen LogP contribution in [0.3, 0.4) is 0 Å². The molecule has 0 atom stereocenters. The second-order valence-electron chi connectivity index (χ2n) is 5.47. The Balaban J connectivity index is 1.70. The van der Waals surface area contributed by atoms with Gasteiger partial charge < -0.3 is 10.2 Å². The van der Waals surface area contributed by atoms with Crippen LogP contribution < -0.4 is 10.2 Å². The average molecular weight is 336 g/mol. The van der Waals surface area contributed by atoms with Gasteiger partial charge in [0.2, 0.25) is 0 Å². The van der Waals surface area contributed by atoms with Crippen LogP contribution in [0, 0.1) is 5.82 Å². The molecule has 126 valence electrons. The maximum Gasteiger partial charge on any atom is 0.270 e. The van der Waals surface area contributed by atoms with E-state index in [0.29, 0.717) is 12.4 Å². The fraction of sp³-hybridized carbons (Fsp3) is 0.105. The number of carbonyl (C=O) groups excluding carboxylic acids is 1. The van der Waals surface area contributed by atoms with E-state index in [2.05, 4.69) is 15.3 Å². The first kappa shape index (κ1) is 16.6. The van der Waals surface area contributed by atoms with Crippen molar-refractivity contribution in [2.24, 2.45) is 0 Å². The molecule has 1 N–H and O–H groups in total. The van der Waals surface area contributed by atoms with E-state index in [1.165, 1.54) is 18.5 Å². The molecule has 0 spiro atoms. The number of carbonyl (C=O) groups is 1. The standard InChI is InChI=1S/C19H17FN4O/c1-24(16-5-3-2-4-6-16)18-11-17(22-13-23-18)19(25)21-12-14-7-9-15(20)10-8-14/h2-11,13H,12H2,1H3,(H,21,25). The first-order valence-electron chi connectivity index (χ1n) is 7.77. The van der Waals surface area contributed by atoms with Gasteiger partial charge in [-0.15, -0.1) is 0 Å². The number of hydrogen-bond acceptors (Lipinski definition) is 4. The van der Waals surface area contributed by atoms with Gasteiger partial charge >= 0.3 is 0 Å². The molecule has 1 heterocycles. The van der Waals surface area contributed by atoms with Gasteiger partial charge in [-0.25, -0.2) is 14.4 Å². The van der Waals surface area contributed by atoms with Crippen LogP contribution in [-0.2, 0) is 6.54 Å². The van der Waals surface area contributed by atoms with E-state index in [9.17, 15) is 9.18 Å². The van der Waals surface area contributed by atoms with Crippen LogP contribution in [0.15, 0.2) is 67.0 Å². The van der Waals surface area contributed by atoms with Gasteiger partial charge in [0.05, 0.1) is 0 Å². The van der Waals surface area contributed by atoms with E-state index < -0.39 is 0 Å². The first-order valence-corrected chi connectivity index (χ1v) is 7.77. The minimum Gasteiger partial charge on any atom is -0.347 e. The lowest BCUT2D eigenvalue weighted by molar-refractivity contribution is 0.0946. The van der Waals surface area contributed by atoms with E-state index in [4.69, 9.17) is 0 Å². The molecule has 1 amide bonds. The highest BCUT2D eigenvalue weighted by atomic mass is 19.1. The summed E-state index contributed by atoms with van der Waals surface area (Å²) in [6.45, 7) is 0.299. The van der Waals surface area contributed by atoms with Gasteiger partial charge in [-0.3, -0.25) is 4.79 Å². The highest BCUT2D eigenvalue weighted by Gasteiger charge is 2.11. The Kier molecular flexibility index (Phi) is 4.99. The Bertz CT molecular complexity index is 853. The molecule has 0 aliphatic heterocycles. The third-order valence-electron chi connectivity index (χ3n) is 3.74. The number of para-hydroxylation sites is 1. The van der Waals surface area contributed by atoms with Crippen LogP contribution in [0.4, 0.5) is 15.9 Å². The zero-order valence-electron chi connectivity index (χ0n) is 13.7. The Morgan fingerprint density at radius 3 is 2.52 bits per heavy atom. The van der Waals surface area contributed by atoms with Crippen molar-refractivity contribution in [3.63, 3.8) is 0 Å². The summed E-state index contributed by atoms with van der Waals surface area (Å²) in [6.07, 6.45) is 1.36. The van der Waals surface area contributed by atoms with E-state index in [1.54, 1.807) is 18.2 Å². The lowest BCUT2D eigenvalue weighted by Gasteiger charge is -2.18. The first-order chi connectivity index (χ1) is 12.1. The largest absolute Gasteiger partial charge is 0.347 e. The van der Waals surface area contributed by atoms with Gasteiger partial charge in [-0.1, -0.05) is 30.3 Å². The monoisotopic (exact) mass is 336 g/mol. The second kappa shape index (κ2) is 7.53. The normalized spacial score (nSPS) is 10.3. The Hall–Kier alpha value is -3.28. The molecule has 0 aliphatic carbocycles. The third kappa shape index (κ3) is 4.17.